The van der Waals surface area contributed by atoms with Gasteiger partial charge in [0.15, 0.2) is 0 Å². The zero-order valence-corrected chi connectivity index (χ0v) is 11.6. The van der Waals surface area contributed by atoms with Gasteiger partial charge in [-0.25, -0.2) is 10.8 Å². The zero-order valence-electron chi connectivity index (χ0n) is 10.7. The summed E-state index contributed by atoms with van der Waals surface area (Å²) < 4.78 is 1.91. The maximum Gasteiger partial charge on any atom is 0.253 e. The highest BCUT2D eigenvalue weighted by molar-refractivity contribution is 7.09. The number of para-hydroxylation sites is 2. The third-order valence-electron chi connectivity index (χ3n) is 3.11. The molecule has 2 heterocycles. The van der Waals surface area contributed by atoms with Crippen LogP contribution in [0, 0.1) is 0 Å². The van der Waals surface area contributed by atoms with Crippen LogP contribution in [0.15, 0.2) is 41.8 Å². The Morgan fingerprint density at radius 3 is 2.90 bits per heavy atom. The molecule has 0 saturated carbocycles. The van der Waals surface area contributed by atoms with E-state index in [0.717, 1.165) is 16.9 Å². The second kappa shape index (κ2) is 5.44. The van der Waals surface area contributed by atoms with Crippen molar-refractivity contribution in [3.8, 4) is 0 Å². The summed E-state index contributed by atoms with van der Waals surface area (Å²) in [5, 5.41) is 2.04. The van der Waals surface area contributed by atoms with Gasteiger partial charge in [-0.15, -0.1) is 11.3 Å². The van der Waals surface area contributed by atoms with Crippen LogP contribution in [0.1, 0.15) is 10.7 Å². The smallest absolute Gasteiger partial charge is 0.253 e. The van der Waals surface area contributed by atoms with Crippen molar-refractivity contribution < 1.29 is 4.79 Å². The molecule has 0 saturated heterocycles. The fourth-order valence-electron chi connectivity index (χ4n) is 2.20. The van der Waals surface area contributed by atoms with Gasteiger partial charge < -0.3 is 4.57 Å². The second-order valence-electron chi connectivity index (χ2n) is 4.43. The summed E-state index contributed by atoms with van der Waals surface area (Å²) in [5.74, 6) is 5.82. The molecule has 6 heteroatoms. The maximum absolute atomic E-state index is 11.6. The second-order valence-corrected chi connectivity index (χ2v) is 5.46. The molecule has 1 aromatic carbocycles. The number of nitrogens with zero attached hydrogens (tertiary/aromatic N) is 2. The first-order valence-electron chi connectivity index (χ1n) is 6.24. The van der Waals surface area contributed by atoms with Crippen molar-refractivity contribution in [1.82, 2.24) is 15.0 Å². The fraction of sp³-hybridized carbons (Fsp3) is 0.143. The Labute approximate surface area is 120 Å². The number of thiophene rings is 1. The molecule has 102 valence electrons. The average molecular weight is 286 g/mol. The summed E-state index contributed by atoms with van der Waals surface area (Å²) in [6, 6.07) is 11.9. The van der Waals surface area contributed by atoms with Crippen molar-refractivity contribution >= 4 is 28.3 Å². The minimum Gasteiger partial charge on any atom is -0.318 e. The summed E-state index contributed by atoms with van der Waals surface area (Å²) in [4.78, 5) is 17.4. The van der Waals surface area contributed by atoms with Gasteiger partial charge in [-0.3, -0.25) is 10.2 Å². The van der Waals surface area contributed by atoms with Crippen molar-refractivity contribution in [2.45, 2.75) is 13.0 Å². The third-order valence-corrected chi connectivity index (χ3v) is 3.99. The predicted molar refractivity (Wildman–Crippen MR) is 79.2 cm³/mol. The molecule has 0 aliphatic rings. The molecule has 3 aromatic rings. The van der Waals surface area contributed by atoms with E-state index in [0.29, 0.717) is 6.42 Å². The SMILES string of the molecule is NNC(=O)Cn1c(Cc2cccs2)nc2ccccc21. The van der Waals surface area contributed by atoms with Crippen LogP contribution in [0.25, 0.3) is 11.0 Å². The minimum absolute atomic E-state index is 0.178. The molecule has 0 spiro atoms. The average Bonchev–Trinajstić information content (AvgIpc) is 3.08. The number of imidazole rings is 1. The molecular formula is C14H14N4OS. The van der Waals surface area contributed by atoms with Crippen LogP contribution in [-0.2, 0) is 17.8 Å². The van der Waals surface area contributed by atoms with E-state index in [2.05, 4.69) is 16.5 Å². The lowest BCUT2D eigenvalue weighted by Gasteiger charge is -2.07. The summed E-state index contributed by atoms with van der Waals surface area (Å²) in [6.45, 7) is 0.178. The van der Waals surface area contributed by atoms with E-state index in [1.807, 2.05) is 40.3 Å². The summed E-state index contributed by atoms with van der Waals surface area (Å²) in [5.41, 5.74) is 4.01. The number of hydrazine groups is 1. The van der Waals surface area contributed by atoms with Crippen LogP contribution in [0.4, 0.5) is 0 Å². The molecule has 3 rings (SSSR count). The van der Waals surface area contributed by atoms with Crippen LogP contribution in [0.5, 0.6) is 0 Å². The summed E-state index contributed by atoms with van der Waals surface area (Å²) in [7, 11) is 0. The zero-order chi connectivity index (χ0) is 13.9. The van der Waals surface area contributed by atoms with E-state index in [9.17, 15) is 4.79 Å². The molecule has 0 bridgehead atoms. The number of amides is 1. The molecular weight excluding hydrogens is 272 g/mol. The molecule has 0 aliphatic heterocycles. The highest BCUT2D eigenvalue weighted by Gasteiger charge is 2.13. The number of rotatable bonds is 4. The summed E-state index contributed by atoms with van der Waals surface area (Å²) in [6.07, 6.45) is 0.712. The van der Waals surface area contributed by atoms with E-state index in [1.54, 1.807) is 11.3 Å². The number of aromatic nitrogens is 2. The Morgan fingerprint density at radius 2 is 2.15 bits per heavy atom. The molecule has 20 heavy (non-hydrogen) atoms. The normalized spacial score (nSPS) is 10.8. The first-order valence-corrected chi connectivity index (χ1v) is 7.12. The Morgan fingerprint density at radius 1 is 1.30 bits per heavy atom. The number of carbonyl (C=O) groups excluding carboxylic acids is 1. The number of hydrogen-bond acceptors (Lipinski definition) is 4. The molecule has 0 fully saturated rings. The van der Waals surface area contributed by atoms with Gasteiger partial charge in [-0.1, -0.05) is 18.2 Å². The van der Waals surface area contributed by atoms with E-state index < -0.39 is 0 Å². The Balaban J connectivity index is 2.04. The van der Waals surface area contributed by atoms with Crippen molar-refractivity contribution in [3.63, 3.8) is 0 Å². The standard InChI is InChI=1S/C14H14N4OS/c15-17-14(19)9-18-12-6-2-1-5-11(12)16-13(18)8-10-4-3-7-20-10/h1-7H,8-9,15H2,(H,17,19). The van der Waals surface area contributed by atoms with Gasteiger partial charge in [0, 0.05) is 11.3 Å². The predicted octanol–water partition coefficient (Wildman–Crippen LogP) is 1.68. The van der Waals surface area contributed by atoms with Gasteiger partial charge in [0.05, 0.1) is 11.0 Å². The number of hydrogen-bond donors (Lipinski definition) is 2. The molecule has 0 aliphatic carbocycles. The Kier molecular flexibility index (Phi) is 3.49. The number of fused-ring (bicyclic) bond motifs is 1. The van der Waals surface area contributed by atoms with Crippen LogP contribution in [0.2, 0.25) is 0 Å². The van der Waals surface area contributed by atoms with Gasteiger partial charge >= 0.3 is 0 Å². The third kappa shape index (κ3) is 2.43. The van der Waals surface area contributed by atoms with E-state index in [-0.39, 0.29) is 12.5 Å². The Bertz CT molecular complexity index is 733. The van der Waals surface area contributed by atoms with Gasteiger partial charge in [0.2, 0.25) is 0 Å². The quantitative estimate of drug-likeness (QED) is 0.435. The van der Waals surface area contributed by atoms with E-state index in [4.69, 9.17) is 5.84 Å². The number of carbonyl (C=O) groups is 1. The lowest BCUT2D eigenvalue weighted by Crippen LogP contribution is -2.33. The van der Waals surface area contributed by atoms with Crippen LogP contribution < -0.4 is 11.3 Å². The molecule has 0 atom stereocenters. The number of nitrogens with one attached hydrogen (secondary N) is 1. The van der Waals surface area contributed by atoms with Gasteiger partial charge in [0.1, 0.15) is 12.4 Å². The largest absolute Gasteiger partial charge is 0.318 e. The first kappa shape index (κ1) is 12.8. The molecule has 1 amide bonds. The monoisotopic (exact) mass is 286 g/mol. The first-order chi connectivity index (χ1) is 9.78. The van der Waals surface area contributed by atoms with Crippen molar-refractivity contribution in [1.29, 1.82) is 0 Å². The van der Waals surface area contributed by atoms with Crippen LogP contribution >= 0.6 is 11.3 Å². The number of nitrogens with two attached hydrogens (primary N) is 1. The van der Waals surface area contributed by atoms with Crippen molar-refractivity contribution in [2.24, 2.45) is 5.84 Å². The van der Waals surface area contributed by atoms with E-state index >= 15 is 0 Å². The lowest BCUT2D eigenvalue weighted by molar-refractivity contribution is -0.121. The highest BCUT2D eigenvalue weighted by atomic mass is 32.1. The molecule has 0 unspecified atom stereocenters. The van der Waals surface area contributed by atoms with Crippen molar-refractivity contribution in [3.05, 3.63) is 52.5 Å². The molecule has 3 N–H and O–H groups in total. The highest BCUT2D eigenvalue weighted by Crippen LogP contribution is 2.20. The van der Waals surface area contributed by atoms with Crippen LogP contribution in [0.3, 0.4) is 0 Å². The van der Waals surface area contributed by atoms with E-state index in [1.165, 1.54) is 4.88 Å². The van der Waals surface area contributed by atoms with Crippen LogP contribution in [-0.4, -0.2) is 15.5 Å². The van der Waals surface area contributed by atoms with Gasteiger partial charge in [-0.05, 0) is 23.6 Å². The fourth-order valence-corrected chi connectivity index (χ4v) is 2.90. The molecule has 0 radical (unpaired) electrons. The van der Waals surface area contributed by atoms with Gasteiger partial charge in [0.25, 0.3) is 5.91 Å². The lowest BCUT2D eigenvalue weighted by atomic mass is 10.3. The van der Waals surface area contributed by atoms with Crippen molar-refractivity contribution in [2.75, 3.05) is 0 Å². The molecule has 5 nitrogen and oxygen atoms in total. The van der Waals surface area contributed by atoms with Gasteiger partial charge in [-0.2, -0.15) is 0 Å². The summed E-state index contributed by atoms with van der Waals surface area (Å²) >= 11 is 1.68. The number of benzene rings is 1. The minimum atomic E-state index is -0.236. The molecule has 2 aromatic heterocycles. The Hall–Kier alpha value is -2.18. The maximum atomic E-state index is 11.6. The topological polar surface area (TPSA) is 72.9 Å².